The number of carbonyl (C=O) groups is 1. The van der Waals surface area contributed by atoms with Crippen LogP contribution in [0.2, 0.25) is 0 Å². The van der Waals surface area contributed by atoms with Crippen LogP contribution in [0.5, 0.6) is 0 Å². The molecule has 1 aromatic heterocycles. The van der Waals surface area contributed by atoms with Crippen LogP contribution in [0.4, 0.5) is 0 Å². The number of aliphatic carboxylic acids is 1. The molecule has 2 aromatic rings. The molecule has 1 unspecified atom stereocenters. The van der Waals surface area contributed by atoms with Crippen molar-refractivity contribution in [2.45, 2.75) is 63.8 Å². The molecule has 0 spiro atoms. The molecule has 1 aromatic carbocycles. The normalized spacial score (nSPS) is 16.9. The highest BCUT2D eigenvalue weighted by Crippen LogP contribution is 2.40. The number of imidazole rings is 1. The third-order valence-electron chi connectivity index (χ3n) is 5.82. The summed E-state index contributed by atoms with van der Waals surface area (Å²) in [4.78, 5) is 20.7. The van der Waals surface area contributed by atoms with Crippen LogP contribution in [0.1, 0.15) is 63.0 Å². The monoisotopic (exact) mass is 397 g/mol. The molecule has 0 amide bonds. The smallest absolute Gasteiger partial charge is 0.303 e. The molecule has 0 bridgehead atoms. The lowest BCUT2D eigenvalue weighted by Crippen LogP contribution is -2.24. The van der Waals surface area contributed by atoms with Crippen molar-refractivity contribution < 1.29 is 14.7 Å². The summed E-state index contributed by atoms with van der Waals surface area (Å²) in [7, 11) is 0. The first-order valence-corrected chi connectivity index (χ1v) is 10.5. The van der Waals surface area contributed by atoms with Crippen LogP contribution < -0.4 is 5.90 Å². The molecule has 1 saturated carbocycles. The summed E-state index contributed by atoms with van der Waals surface area (Å²) in [6, 6.07) is 10.4. The van der Waals surface area contributed by atoms with Crippen molar-refractivity contribution in [1.82, 2.24) is 9.55 Å². The number of carboxylic acid groups (broad SMARTS) is 1. The Bertz CT molecular complexity index is 781. The molecule has 0 aliphatic heterocycles. The number of allylic oxidation sites excluding steroid dienone is 2. The first-order chi connectivity index (χ1) is 14.2. The summed E-state index contributed by atoms with van der Waals surface area (Å²) in [5.41, 5.74) is 2.45. The van der Waals surface area contributed by atoms with Gasteiger partial charge in [0.2, 0.25) is 0 Å². The number of aromatic nitrogens is 2. The third kappa shape index (κ3) is 5.94. The number of hydrogen-bond donors (Lipinski definition) is 2. The number of hydrogen-bond acceptors (Lipinski definition) is 4. The Kier molecular flexibility index (Phi) is 7.87. The van der Waals surface area contributed by atoms with Gasteiger partial charge in [-0.2, -0.15) is 5.90 Å². The SMILES string of the molecule is NO/C(CCCC(=O)O)=C(/C1CCCCC1)C(Cc1ccccc1)n1ccnc1. The summed E-state index contributed by atoms with van der Waals surface area (Å²) >= 11 is 0. The van der Waals surface area contributed by atoms with Crippen LogP contribution >= 0.6 is 0 Å². The zero-order valence-electron chi connectivity index (χ0n) is 16.9. The first-order valence-electron chi connectivity index (χ1n) is 10.5. The van der Waals surface area contributed by atoms with E-state index in [-0.39, 0.29) is 12.5 Å². The molecule has 3 N–H and O–H groups in total. The highest BCUT2D eigenvalue weighted by atomic mass is 16.6. The molecule has 3 rings (SSSR count). The van der Waals surface area contributed by atoms with Gasteiger partial charge in [0.05, 0.1) is 12.4 Å². The van der Waals surface area contributed by atoms with Crippen molar-refractivity contribution >= 4 is 5.97 Å². The highest BCUT2D eigenvalue weighted by Gasteiger charge is 2.30. The minimum Gasteiger partial charge on any atom is -0.481 e. The van der Waals surface area contributed by atoms with Gasteiger partial charge in [-0.1, -0.05) is 49.6 Å². The van der Waals surface area contributed by atoms with Crippen molar-refractivity contribution in [2.75, 3.05) is 0 Å². The van der Waals surface area contributed by atoms with Crippen LogP contribution in [-0.2, 0) is 16.1 Å². The van der Waals surface area contributed by atoms with Crippen LogP contribution in [0.25, 0.3) is 0 Å². The summed E-state index contributed by atoms with van der Waals surface area (Å²) in [6.07, 6.45) is 13.5. The van der Waals surface area contributed by atoms with Gasteiger partial charge in [-0.05, 0) is 42.7 Å². The summed E-state index contributed by atoms with van der Waals surface area (Å²) < 4.78 is 2.13. The number of nitrogens with zero attached hydrogens (tertiary/aromatic N) is 2. The van der Waals surface area contributed by atoms with E-state index < -0.39 is 5.97 Å². The number of rotatable bonds is 10. The maximum absolute atomic E-state index is 11.0. The Morgan fingerprint density at radius 2 is 1.97 bits per heavy atom. The lowest BCUT2D eigenvalue weighted by Gasteiger charge is -2.32. The second-order valence-electron chi connectivity index (χ2n) is 7.79. The van der Waals surface area contributed by atoms with Gasteiger partial charge < -0.3 is 14.5 Å². The van der Waals surface area contributed by atoms with Crippen molar-refractivity contribution in [2.24, 2.45) is 11.8 Å². The summed E-state index contributed by atoms with van der Waals surface area (Å²) in [5, 5.41) is 9.04. The van der Waals surface area contributed by atoms with Gasteiger partial charge in [0.25, 0.3) is 0 Å². The highest BCUT2D eigenvalue weighted by molar-refractivity contribution is 5.66. The van der Waals surface area contributed by atoms with Gasteiger partial charge in [0.15, 0.2) is 0 Å². The van der Waals surface area contributed by atoms with E-state index in [0.29, 0.717) is 18.8 Å². The second-order valence-corrected chi connectivity index (χ2v) is 7.79. The minimum atomic E-state index is -0.795. The topological polar surface area (TPSA) is 90.4 Å². The molecule has 1 heterocycles. The van der Waals surface area contributed by atoms with E-state index in [1.807, 2.05) is 18.6 Å². The molecule has 1 fully saturated rings. The Morgan fingerprint density at radius 3 is 2.59 bits per heavy atom. The third-order valence-corrected chi connectivity index (χ3v) is 5.82. The molecule has 156 valence electrons. The largest absolute Gasteiger partial charge is 0.481 e. The minimum absolute atomic E-state index is 0.0476. The summed E-state index contributed by atoms with van der Waals surface area (Å²) in [5.74, 6) is 6.09. The van der Waals surface area contributed by atoms with E-state index in [1.165, 1.54) is 30.4 Å². The van der Waals surface area contributed by atoms with Crippen molar-refractivity contribution in [3.8, 4) is 0 Å². The van der Waals surface area contributed by atoms with Crippen molar-refractivity contribution in [3.05, 3.63) is 65.9 Å². The fraction of sp³-hybridized carbons (Fsp3) is 0.478. The number of benzene rings is 1. The van der Waals surface area contributed by atoms with Crippen molar-refractivity contribution in [1.29, 1.82) is 0 Å². The Labute approximate surface area is 172 Å². The Hall–Kier alpha value is -2.60. The molecule has 6 nitrogen and oxygen atoms in total. The van der Waals surface area contributed by atoms with E-state index >= 15 is 0 Å². The lowest BCUT2D eigenvalue weighted by atomic mass is 9.78. The predicted octanol–water partition coefficient (Wildman–Crippen LogP) is 4.65. The van der Waals surface area contributed by atoms with E-state index in [4.69, 9.17) is 15.8 Å². The van der Waals surface area contributed by atoms with Crippen LogP contribution in [-0.4, -0.2) is 20.6 Å². The van der Waals surface area contributed by atoms with E-state index in [9.17, 15) is 4.79 Å². The Morgan fingerprint density at radius 1 is 1.21 bits per heavy atom. The fourth-order valence-corrected chi connectivity index (χ4v) is 4.44. The van der Waals surface area contributed by atoms with Gasteiger partial charge in [0, 0.05) is 25.2 Å². The molecule has 1 atom stereocenters. The number of carboxylic acids is 1. The lowest BCUT2D eigenvalue weighted by molar-refractivity contribution is -0.137. The summed E-state index contributed by atoms with van der Waals surface area (Å²) in [6.45, 7) is 0. The molecule has 1 aliphatic carbocycles. The average Bonchev–Trinajstić information content (AvgIpc) is 3.28. The zero-order chi connectivity index (χ0) is 20.5. The van der Waals surface area contributed by atoms with E-state index in [2.05, 4.69) is 33.8 Å². The van der Waals surface area contributed by atoms with Gasteiger partial charge in [-0.25, -0.2) is 4.98 Å². The van der Waals surface area contributed by atoms with E-state index in [0.717, 1.165) is 25.0 Å². The molecular formula is C23H31N3O3. The van der Waals surface area contributed by atoms with Gasteiger partial charge in [0.1, 0.15) is 5.76 Å². The molecule has 1 aliphatic rings. The quantitative estimate of drug-likeness (QED) is 0.450. The standard InChI is InChI=1S/C23H31N3O3/c24-29-21(12-7-13-22(27)28)23(19-10-5-2-6-11-19)20(26-15-14-25-17-26)16-18-8-3-1-4-9-18/h1,3-4,8-9,14-15,17,19-20H,2,5-7,10-13,16,24H2,(H,27,28)/b23-21-. The first kappa shape index (κ1) is 21.1. The van der Waals surface area contributed by atoms with Gasteiger partial charge in [-0.15, -0.1) is 0 Å². The van der Waals surface area contributed by atoms with E-state index in [1.54, 1.807) is 6.20 Å². The maximum atomic E-state index is 11.0. The number of nitrogens with two attached hydrogens (primary N) is 1. The maximum Gasteiger partial charge on any atom is 0.303 e. The molecular weight excluding hydrogens is 366 g/mol. The van der Waals surface area contributed by atoms with Crippen LogP contribution in [0.15, 0.2) is 60.4 Å². The van der Waals surface area contributed by atoms with Crippen LogP contribution in [0, 0.1) is 5.92 Å². The van der Waals surface area contributed by atoms with Gasteiger partial charge in [-0.3, -0.25) is 4.79 Å². The second kappa shape index (κ2) is 10.8. The predicted molar refractivity (Wildman–Crippen MR) is 112 cm³/mol. The molecule has 6 heteroatoms. The van der Waals surface area contributed by atoms with Crippen LogP contribution in [0.3, 0.4) is 0 Å². The zero-order valence-corrected chi connectivity index (χ0v) is 16.9. The molecule has 0 saturated heterocycles. The van der Waals surface area contributed by atoms with Gasteiger partial charge >= 0.3 is 5.97 Å². The fourth-order valence-electron chi connectivity index (χ4n) is 4.44. The van der Waals surface area contributed by atoms with Crippen molar-refractivity contribution in [3.63, 3.8) is 0 Å². The Balaban J connectivity index is 1.98. The average molecular weight is 398 g/mol. The molecule has 29 heavy (non-hydrogen) atoms. The molecule has 0 radical (unpaired) electrons.